The van der Waals surface area contributed by atoms with Crippen molar-refractivity contribution in [2.45, 2.75) is 44.7 Å². The van der Waals surface area contributed by atoms with Gasteiger partial charge in [0.15, 0.2) is 0 Å². The van der Waals surface area contributed by atoms with Crippen molar-refractivity contribution in [1.82, 2.24) is 19.4 Å². The van der Waals surface area contributed by atoms with Gasteiger partial charge in [-0.1, -0.05) is 30.3 Å². The first-order chi connectivity index (χ1) is 18.9. The Kier molecular flexibility index (Phi) is 7.88. The summed E-state index contributed by atoms with van der Waals surface area (Å²) in [5.41, 5.74) is 10.1. The molecule has 5 N–H and O–H groups in total. The number of aryl methyl sites for hydroxylation is 3. The molecule has 1 unspecified atom stereocenters. The van der Waals surface area contributed by atoms with Gasteiger partial charge in [-0.25, -0.2) is 9.97 Å². The van der Waals surface area contributed by atoms with Crippen LogP contribution in [0.4, 0.5) is 11.5 Å². The molecule has 5 rings (SSSR count). The molecule has 0 aliphatic carbocycles. The molecule has 202 valence electrons. The zero-order valence-corrected chi connectivity index (χ0v) is 22.5. The number of piperidine rings is 1. The van der Waals surface area contributed by atoms with Crippen molar-refractivity contribution >= 4 is 34.3 Å². The summed E-state index contributed by atoms with van der Waals surface area (Å²) in [4.78, 5) is 24.5. The van der Waals surface area contributed by atoms with Crippen molar-refractivity contribution in [3.8, 4) is 0 Å². The normalized spacial score (nSPS) is 15.2. The third-order valence-corrected chi connectivity index (χ3v) is 7.62. The van der Waals surface area contributed by atoms with Gasteiger partial charge in [0.2, 0.25) is 5.91 Å². The Balaban J connectivity index is 1.16. The predicted molar refractivity (Wildman–Crippen MR) is 156 cm³/mol. The summed E-state index contributed by atoms with van der Waals surface area (Å²) < 4.78 is 2.11. The molecule has 1 atom stereocenters. The fourth-order valence-corrected chi connectivity index (χ4v) is 5.16. The van der Waals surface area contributed by atoms with Crippen LogP contribution < -0.4 is 16.4 Å². The highest BCUT2D eigenvalue weighted by molar-refractivity contribution is 5.96. The van der Waals surface area contributed by atoms with Crippen molar-refractivity contribution in [2.24, 2.45) is 12.8 Å². The van der Waals surface area contributed by atoms with Gasteiger partial charge in [-0.2, -0.15) is 0 Å². The molecule has 9 nitrogen and oxygen atoms in total. The van der Waals surface area contributed by atoms with Crippen molar-refractivity contribution in [3.63, 3.8) is 0 Å². The minimum atomic E-state index is -0.217. The van der Waals surface area contributed by atoms with E-state index >= 15 is 0 Å². The molecule has 2 aromatic carbocycles. The van der Waals surface area contributed by atoms with E-state index in [1.165, 1.54) is 5.56 Å². The standard InChI is InChI=1S/C30H36N8O/c1-20(38-17-14-23(15-18-38)34-27-5-3-4-16-33-27)30(39)35-24-11-12-26-25(19-24)36-28(37(26)2)13-8-21-6-9-22(10-7-21)29(31)32/h3-7,9-12,16,19-20,23H,8,13-15,17-18H2,1-2H3,(H3,31,32)(H,33,34)(H,35,39). The molecule has 1 fully saturated rings. The number of hydrogen-bond acceptors (Lipinski definition) is 6. The van der Waals surface area contributed by atoms with E-state index in [-0.39, 0.29) is 17.8 Å². The second-order valence-corrected chi connectivity index (χ2v) is 10.2. The Hall–Kier alpha value is -4.24. The lowest BCUT2D eigenvalue weighted by Gasteiger charge is -2.35. The highest BCUT2D eigenvalue weighted by atomic mass is 16.2. The van der Waals surface area contributed by atoms with Crippen LogP contribution in [0.2, 0.25) is 0 Å². The first-order valence-electron chi connectivity index (χ1n) is 13.5. The lowest BCUT2D eigenvalue weighted by atomic mass is 10.0. The number of hydrogen-bond donors (Lipinski definition) is 4. The monoisotopic (exact) mass is 524 g/mol. The summed E-state index contributed by atoms with van der Waals surface area (Å²) >= 11 is 0. The number of benzene rings is 2. The van der Waals surface area contributed by atoms with Crippen molar-refractivity contribution in [1.29, 1.82) is 5.41 Å². The molecule has 1 aliphatic heterocycles. The van der Waals surface area contributed by atoms with Gasteiger partial charge in [-0.15, -0.1) is 0 Å². The fourth-order valence-electron chi connectivity index (χ4n) is 5.16. The highest BCUT2D eigenvalue weighted by Gasteiger charge is 2.27. The second kappa shape index (κ2) is 11.7. The first kappa shape index (κ1) is 26.4. The lowest BCUT2D eigenvalue weighted by molar-refractivity contribution is -0.121. The third-order valence-electron chi connectivity index (χ3n) is 7.62. The first-order valence-corrected chi connectivity index (χ1v) is 13.5. The molecular weight excluding hydrogens is 488 g/mol. The topological polar surface area (TPSA) is 125 Å². The fraction of sp³-hybridized carbons (Fsp3) is 0.333. The van der Waals surface area contributed by atoms with E-state index in [2.05, 4.69) is 25.1 Å². The smallest absolute Gasteiger partial charge is 0.241 e. The van der Waals surface area contributed by atoms with E-state index < -0.39 is 0 Å². The van der Waals surface area contributed by atoms with Crippen LogP contribution in [0.25, 0.3) is 11.0 Å². The van der Waals surface area contributed by atoms with E-state index in [0.717, 1.165) is 72.7 Å². The summed E-state index contributed by atoms with van der Waals surface area (Å²) in [5.74, 6) is 1.96. The molecule has 0 bridgehead atoms. The summed E-state index contributed by atoms with van der Waals surface area (Å²) in [5, 5.41) is 14.1. The molecule has 0 saturated carbocycles. The van der Waals surface area contributed by atoms with Crippen LogP contribution in [0.5, 0.6) is 0 Å². The highest BCUT2D eigenvalue weighted by Crippen LogP contribution is 2.22. The van der Waals surface area contributed by atoms with Crippen LogP contribution >= 0.6 is 0 Å². The molecule has 39 heavy (non-hydrogen) atoms. The molecule has 2 aromatic heterocycles. The predicted octanol–water partition coefficient (Wildman–Crippen LogP) is 3.94. The molecule has 4 aromatic rings. The quantitative estimate of drug-likeness (QED) is 0.194. The second-order valence-electron chi connectivity index (χ2n) is 10.2. The number of carbonyl (C=O) groups is 1. The number of nitrogens with one attached hydrogen (secondary N) is 3. The van der Waals surface area contributed by atoms with Crippen LogP contribution in [0.1, 0.15) is 36.7 Å². The van der Waals surface area contributed by atoms with Crippen molar-refractivity contribution in [3.05, 3.63) is 83.8 Å². The van der Waals surface area contributed by atoms with E-state index in [9.17, 15) is 4.79 Å². The largest absolute Gasteiger partial charge is 0.384 e. The van der Waals surface area contributed by atoms with Crippen LogP contribution in [0.15, 0.2) is 66.9 Å². The maximum atomic E-state index is 13.1. The van der Waals surface area contributed by atoms with Gasteiger partial charge in [0.1, 0.15) is 17.5 Å². The molecule has 0 radical (unpaired) electrons. The molecule has 3 heterocycles. The number of likely N-dealkylation sites (tertiary alicyclic amines) is 1. The number of fused-ring (bicyclic) bond motifs is 1. The Bertz CT molecular complexity index is 1440. The zero-order valence-electron chi connectivity index (χ0n) is 22.5. The number of nitrogens with two attached hydrogens (primary N) is 1. The van der Waals surface area contributed by atoms with E-state index in [0.29, 0.717) is 6.04 Å². The minimum Gasteiger partial charge on any atom is -0.384 e. The van der Waals surface area contributed by atoms with Crippen LogP contribution in [0, 0.1) is 5.41 Å². The molecule has 1 saturated heterocycles. The summed E-state index contributed by atoms with van der Waals surface area (Å²) in [7, 11) is 2.02. The van der Waals surface area contributed by atoms with Gasteiger partial charge in [0, 0.05) is 50.0 Å². The molecule has 0 spiro atoms. The Morgan fingerprint density at radius 1 is 1.10 bits per heavy atom. The number of nitrogens with zero attached hydrogens (tertiary/aromatic N) is 4. The van der Waals surface area contributed by atoms with Crippen LogP contribution in [-0.4, -0.2) is 56.4 Å². The molecular formula is C30H36N8O. The Labute approximate surface area is 229 Å². The van der Waals surface area contributed by atoms with Gasteiger partial charge in [0.25, 0.3) is 0 Å². The summed E-state index contributed by atoms with van der Waals surface area (Å²) in [6, 6.07) is 19.7. The zero-order chi connectivity index (χ0) is 27.4. The van der Waals surface area contributed by atoms with Crippen LogP contribution in [-0.2, 0) is 24.7 Å². The molecule has 1 aliphatic rings. The van der Waals surface area contributed by atoms with E-state index in [1.807, 2.05) is 74.6 Å². The van der Waals surface area contributed by atoms with Gasteiger partial charge < -0.3 is 20.9 Å². The number of pyridine rings is 1. The number of carbonyl (C=O) groups excluding carboxylic acids is 1. The Morgan fingerprint density at radius 2 is 1.87 bits per heavy atom. The summed E-state index contributed by atoms with van der Waals surface area (Å²) in [6.07, 6.45) is 5.36. The molecule has 9 heteroatoms. The Morgan fingerprint density at radius 3 is 2.56 bits per heavy atom. The number of rotatable bonds is 9. The number of anilines is 2. The number of imidazole rings is 1. The summed E-state index contributed by atoms with van der Waals surface area (Å²) in [6.45, 7) is 3.70. The molecule has 1 amide bonds. The SMILES string of the molecule is CC(C(=O)Nc1ccc2c(c1)nc(CCc1ccc(C(=N)N)cc1)n2C)N1CCC(Nc2ccccn2)CC1. The maximum absolute atomic E-state index is 13.1. The minimum absolute atomic E-state index is 0.00403. The average Bonchev–Trinajstić information content (AvgIpc) is 3.27. The van der Waals surface area contributed by atoms with Gasteiger partial charge in [-0.3, -0.25) is 15.1 Å². The number of amides is 1. The van der Waals surface area contributed by atoms with Gasteiger partial charge >= 0.3 is 0 Å². The van der Waals surface area contributed by atoms with Gasteiger partial charge in [0.05, 0.1) is 17.1 Å². The van der Waals surface area contributed by atoms with Gasteiger partial charge in [-0.05, 0) is 62.1 Å². The third kappa shape index (κ3) is 6.26. The van der Waals surface area contributed by atoms with E-state index in [1.54, 1.807) is 6.20 Å². The number of amidine groups is 1. The van der Waals surface area contributed by atoms with E-state index in [4.69, 9.17) is 16.1 Å². The van der Waals surface area contributed by atoms with Crippen LogP contribution in [0.3, 0.4) is 0 Å². The number of aromatic nitrogens is 3. The van der Waals surface area contributed by atoms with Crippen molar-refractivity contribution in [2.75, 3.05) is 23.7 Å². The average molecular weight is 525 g/mol. The maximum Gasteiger partial charge on any atom is 0.241 e. The van der Waals surface area contributed by atoms with Crippen molar-refractivity contribution < 1.29 is 4.79 Å². The lowest BCUT2D eigenvalue weighted by Crippen LogP contribution is -2.48. The number of nitrogen functional groups attached to an aromatic ring is 1.